The second-order valence-electron chi connectivity index (χ2n) is 3.39. The Morgan fingerprint density at radius 3 is 3.31 bits per heavy atom. The monoisotopic (exact) mass is 181 g/mol. The number of ether oxygens (including phenoxy) is 1. The largest absolute Gasteiger partial charge is 0.381 e. The summed E-state index contributed by atoms with van der Waals surface area (Å²) in [6.07, 6.45) is 5.12. The minimum Gasteiger partial charge on any atom is -0.381 e. The molecule has 1 aromatic heterocycles. The molecule has 1 unspecified atom stereocenters. The van der Waals surface area contributed by atoms with Gasteiger partial charge in [0.1, 0.15) is 0 Å². The normalized spacial score (nSPS) is 22.4. The van der Waals surface area contributed by atoms with Crippen LogP contribution in [0.25, 0.3) is 0 Å². The minimum absolute atomic E-state index is 0.548. The molecule has 0 amide bonds. The molecule has 4 nitrogen and oxygen atoms in total. The SMILES string of the molecule is NCCn1cc(C2CCOC2)cn1. The summed E-state index contributed by atoms with van der Waals surface area (Å²) in [5.74, 6) is 0.548. The number of aromatic nitrogens is 2. The standard InChI is InChI=1S/C9H15N3O/c10-2-3-12-6-9(5-11-12)8-1-4-13-7-8/h5-6,8H,1-4,7,10H2. The summed E-state index contributed by atoms with van der Waals surface area (Å²) in [6, 6.07) is 0. The topological polar surface area (TPSA) is 53.1 Å². The summed E-state index contributed by atoms with van der Waals surface area (Å²) in [5, 5.41) is 4.23. The van der Waals surface area contributed by atoms with Crippen LogP contribution >= 0.6 is 0 Å². The first kappa shape index (κ1) is 8.72. The van der Waals surface area contributed by atoms with E-state index >= 15 is 0 Å². The summed E-state index contributed by atoms with van der Waals surface area (Å²) in [7, 11) is 0. The predicted molar refractivity (Wildman–Crippen MR) is 49.5 cm³/mol. The maximum Gasteiger partial charge on any atom is 0.0536 e. The van der Waals surface area contributed by atoms with Crippen LogP contribution in [-0.4, -0.2) is 29.5 Å². The van der Waals surface area contributed by atoms with Gasteiger partial charge in [0.2, 0.25) is 0 Å². The molecule has 1 aliphatic rings. The van der Waals surface area contributed by atoms with E-state index in [1.165, 1.54) is 5.56 Å². The van der Waals surface area contributed by atoms with Crippen LogP contribution in [0.3, 0.4) is 0 Å². The Morgan fingerprint density at radius 1 is 1.69 bits per heavy atom. The minimum atomic E-state index is 0.548. The second-order valence-corrected chi connectivity index (χ2v) is 3.39. The van der Waals surface area contributed by atoms with Crippen molar-refractivity contribution in [1.82, 2.24) is 9.78 Å². The first-order chi connectivity index (χ1) is 6.40. The van der Waals surface area contributed by atoms with Crippen molar-refractivity contribution in [3.8, 4) is 0 Å². The van der Waals surface area contributed by atoms with Crippen molar-refractivity contribution in [2.75, 3.05) is 19.8 Å². The third kappa shape index (κ3) is 1.89. The third-order valence-corrected chi connectivity index (χ3v) is 2.41. The molecule has 1 aromatic rings. The summed E-state index contributed by atoms with van der Waals surface area (Å²) in [5.41, 5.74) is 6.72. The number of hydrogen-bond donors (Lipinski definition) is 1. The zero-order valence-corrected chi connectivity index (χ0v) is 7.65. The molecule has 2 rings (SSSR count). The number of hydrogen-bond acceptors (Lipinski definition) is 3. The van der Waals surface area contributed by atoms with Gasteiger partial charge in [0.15, 0.2) is 0 Å². The molecule has 13 heavy (non-hydrogen) atoms. The van der Waals surface area contributed by atoms with Gasteiger partial charge in [-0.15, -0.1) is 0 Å². The fourth-order valence-electron chi connectivity index (χ4n) is 1.64. The van der Waals surface area contributed by atoms with Crippen molar-refractivity contribution in [2.45, 2.75) is 18.9 Å². The number of nitrogens with two attached hydrogens (primary N) is 1. The van der Waals surface area contributed by atoms with Gasteiger partial charge < -0.3 is 10.5 Å². The highest BCUT2D eigenvalue weighted by molar-refractivity contribution is 5.12. The van der Waals surface area contributed by atoms with Gasteiger partial charge in [0, 0.05) is 25.3 Å². The third-order valence-electron chi connectivity index (χ3n) is 2.41. The molecule has 0 spiro atoms. The van der Waals surface area contributed by atoms with E-state index in [0.29, 0.717) is 12.5 Å². The Hall–Kier alpha value is -0.870. The van der Waals surface area contributed by atoms with E-state index in [9.17, 15) is 0 Å². The van der Waals surface area contributed by atoms with E-state index in [0.717, 1.165) is 26.2 Å². The lowest BCUT2D eigenvalue weighted by Crippen LogP contribution is -2.09. The maximum atomic E-state index is 5.44. The molecule has 0 aromatic carbocycles. The average molecular weight is 181 g/mol. The zero-order valence-electron chi connectivity index (χ0n) is 7.65. The average Bonchev–Trinajstić information content (AvgIpc) is 2.70. The Morgan fingerprint density at radius 2 is 2.62 bits per heavy atom. The highest BCUT2D eigenvalue weighted by atomic mass is 16.5. The van der Waals surface area contributed by atoms with E-state index in [4.69, 9.17) is 10.5 Å². The quantitative estimate of drug-likeness (QED) is 0.732. The fraction of sp³-hybridized carbons (Fsp3) is 0.667. The molecule has 1 saturated heterocycles. The zero-order chi connectivity index (χ0) is 9.10. The molecular formula is C9H15N3O. The van der Waals surface area contributed by atoms with Crippen molar-refractivity contribution in [3.63, 3.8) is 0 Å². The Bertz CT molecular complexity index is 266. The Kier molecular flexibility index (Phi) is 2.61. The molecule has 0 aliphatic carbocycles. The van der Waals surface area contributed by atoms with Gasteiger partial charge in [-0.05, 0) is 12.0 Å². The lowest BCUT2D eigenvalue weighted by molar-refractivity contribution is 0.194. The van der Waals surface area contributed by atoms with E-state index in [2.05, 4.69) is 11.3 Å². The van der Waals surface area contributed by atoms with E-state index in [1.54, 1.807) is 0 Å². The van der Waals surface area contributed by atoms with Crippen molar-refractivity contribution in [3.05, 3.63) is 18.0 Å². The molecule has 1 aliphatic heterocycles. The van der Waals surface area contributed by atoms with Gasteiger partial charge in [-0.25, -0.2) is 0 Å². The highest BCUT2D eigenvalue weighted by Crippen LogP contribution is 2.24. The predicted octanol–water partition coefficient (Wildman–Crippen LogP) is 0.346. The van der Waals surface area contributed by atoms with Gasteiger partial charge in [0.05, 0.1) is 19.3 Å². The van der Waals surface area contributed by atoms with E-state index in [-0.39, 0.29) is 0 Å². The van der Waals surface area contributed by atoms with Crippen molar-refractivity contribution in [1.29, 1.82) is 0 Å². The lowest BCUT2D eigenvalue weighted by Gasteiger charge is -2.01. The molecule has 2 N–H and O–H groups in total. The highest BCUT2D eigenvalue weighted by Gasteiger charge is 2.18. The van der Waals surface area contributed by atoms with E-state index in [1.807, 2.05) is 10.9 Å². The summed E-state index contributed by atoms with van der Waals surface area (Å²) in [6.45, 7) is 3.16. The molecule has 0 radical (unpaired) electrons. The fourth-order valence-corrected chi connectivity index (χ4v) is 1.64. The maximum absolute atomic E-state index is 5.44. The van der Waals surface area contributed by atoms with Gasteiger partial charge >= 0.3 is 0 Å². The van der Waals surface area contributed by atoms with Gasteiger partial charge in [-0.2, -0.15) is 5.10 Å². The van der Waals surface area contributed by atoms with Crippen LogP contribution in [0.15, 0.2) is 12.4 Å². The number of nitrogens with zero attached hydrogens (tertiary/aromatic N) is 2. The molecule has 72 valence electrons. The van der Waals surface area contributed by atoms with Gasteiger partial charge in [-0.3, -0.25) is 4.68 Å². The van der Waals surface area contributed by atoms with Crippen molar-refractivity contribution >= 4 is 0 Å². The molecular weight excluding hydrogens is 166 g/mol. The van der Waals surface area contributed by atoms with Crippen LogP contribution in [0.4, 0.5) is 0 Å². The van der Waals surface area contributed by atoms with Crippen molar-refractivity contribution < 1.29 is 4.74 Å². The van der Waals surface area contributed by atoms with Gasteiger partial charge in [-0.1, -0.05) is 0 Å². The lowest BCUT2D eigenvalue weighted by atomic mass is 10.0. The van der Waals surface area contributed by atoms with Crippen LogP contribution in [-0.2, 0) is 11.3 Å². The summed E-state index contributed by atoms with van der Waals surface area (Å²) < 4.78 is 7.22. The summed E-state index contributed by atoms with van der Waals surface area (Å²) >= 11 is 0. The van der Waals surface area contributed by atoms with E-state index < -0.39 is 0 Å². The molecule has 4 heteroatoms. The number of rotatable bonds is 3. The Balaban J connectivity index is 2.03. The van der Waals surface area contributed by atoms with Gasteiger partial charge in [0.25, 0.3) is 0 Å². The molecule has 1 atom stereocenters. The molecule has 0 saturated carbocycles. The molecule has 2 heterocycles. The van der Waals surface area contributed by atoms with Crippen LogP contribution < -0.4 is 5.73 Å². The molecule has 0 bridgehead atoms. The summed E-state index contributed by atoms with van der Waals surface area (Å²) in [4.78, 5) is 0. The first-order valence-electron chi connectivity index (χ1n) is 4.70. The van der Waals surface area contributed by atoms with Crippen LogP contribution in [0.5, 0.6) is 0 Å². The van der Waals surface area contributed by atoms with Crippen molar-refractivity contribution in [2.24, 2.45) is 5.73 Å². The van der Waals surface area contributed by atoms with Crippen LogP contribution in [0.2, 0.25) is 0 Å². The smallest absolute Gasteiger partial charge is 0.0536 e. The second kappa shape index (κ2) is 3.89. The van der Waals surface area contributed by atoms with Crippen LogP contribution in [0.1, 0.15) is 17.9 Å². The van der Waals surface area contributed by atoms with Crippen LogP contribution in [0, 0.1) is 0 Å². The molecule has 1 fully saturated rings. The first-order valence-corrected chi connectivity index (χ1v) is 4.70. The Labute approximate surface area is 77.7 Å².